The molecule has 0 fully saturated rings. The van der Waals surface area contributed by atoms with Gasteiger partial charge in [0.2, 0.25) is 10.0 Å². The first-order valence-electron chi connectivity index (χ1n) is 5.39. The Kier molecular flexibility index (Phi) is 4.87. The SMILES string of the molecule is CN(C)CCOc1ccc(S(N)(=O)=O)cc1C(=O)O. The zero-order valence-corrected chi connectivity index (χ0v) is 11.5. The van der Waals surface area contributed by atoms with Gasteiger partial charge in [-0.2, -0.15) is 0 Å². The summed E-state index contributed by atoms with van der Waals surface area (Å²) in [5.41, 5.74) is -0.231. The lowest BCUT2D eigenvalue weighted by molar-refractivity contribution is 0.0691. The highest BCUT2D eigenvalue weighted by Gasteiger charge is 2.16. The van der Waals surface area contributed by atoms with Crippen molar-refractivity contribution >= 4 is 16.0 Å². The van der Waals surface area contributed by atoms with Crippen LogP contribution in [0, 0.1) is 0 Å². The van der Waals surface area contributed by atoms with Gasteiger partial charge in [0, 0.05) is 6.54 Å². The summed E-state index contributed by atoms with van der Waals surface area (Å²) >= 11 is 0. The molecule has 19 heavy (non-hydrogen) atoms. The van der Waals surface area contributed by atoms with Crippen molar-refractivity contribution in [1.82, 2.24) is 4.90 Å². The third-order valence-corrected chi connectivity index (χ3v) is 3.22. The maximum Gasteiger partial charge on any atom is 0.339 e. The second-order valence-electron chi connectivity index (χ2n) is 4.16. The van der Waals surface area contributed by atoms with Crippen molar-refractivity contribution in [3.8, 4) is 5.75 Å². The molecule has 0 amide bonds. The van der Waals surface area contributed by atoms with Gasteiger partial charge in [0.1, 0.15) is 17.9 Å². The Morgan fingerprint density at radius 1 is 1.42 bits per heavy atom. The molecule has 0 saturated heterocycles. The third-order valence-electron chi connectivity index (χ3n) is 2.31. The molecule has 0 atom stereocenters. The Morgan fingerprint density at radius 2 is 2.05 bits per heavy atom. The fraction of sp³-hybridized carbons (Fsp3) is 0.364. The number of nitrogens with zero attached hydrogens (tertiary/aromatic N) is 1. The molecule has 8 heteroatoms. The van der Waals surface area contributed by atoms with E-state index in [1.807, 2.05) is 19.0 Å². The standard InChI is InChI=1S/C11H16N2O5S/c1-13(2)5-6-18-10-4-3-8(19(12,16)17)7-9(10)11(14)15/h3-4,7H,5-6H2,1-2H3,(H,14,15)(H2,12,16,17). The largest absolute Gasteiger partial charge is 0.491 e. The van der Waals surface area contributed by atoms with Gasteiger partial charge in [0.25, 0.3) is 0 Å². The van der Waals surface area contributed by atoms with Crippen LogP contribution in [-0.2, 0) is 10.0 Å². The van der Waals surface area contributed by atoms with Crippen molar-refractivity contribution in [2.75, 3.05) is 27.2 Å². The average Bonchev–Trinajstić information content (AvgIpc) is 2.27. The van der Waals surface area contributed by atoms with Crippen LogP contribution in [0.15, 0.2) is 23.1 Å². The molecule has 1 rings (SSSR count). The van der Waals surface area contributed by atoms with Gasteiger partial charge in [0.15, 0.2) is 0 Å². The van der Waals surface area contributed by atoms with E-state index in [1.54, 1.807) is 0 Å². The maximum atomic E-state index is 11.2. The minimum absolute atomic E-state index is 0.113. The Labute approximate surface area is 111 Å². The molecular weight excluding hydrogens is 272 g/mol. The van der Waals surface area contributed by atoms with Crippen LogP contribution in [-0.4, -0.2) is 51.6 Å². The van der Waals surface area contributed by atoms with E-state index in [2.05, 4.69) is 0 Å². The van der Waals surface area contributed by atoms with Gasteiger partial charge in [0.05, 0.1) is 4.90 Å². The maximum absolute atomic E-state index is 11.2. The number of hydrogen-bond acceptors (Lipinski definition) is 5. The topological polar surface area (TPSA) is 110 Å². The third kappa shape index (κ3) is 4.51. The summed E-state index contributed by atoms with van der Waals surface area (Å²) < 4.78 is 27.6. The summed E-state index contributed by atoms with van der Waals surface area (Å²) in [7, 11) is -0.231. The molecule has 0 heterocycles. The van der Waals surface area contributed by atoms with Crippen molar-refractivity contribution in [3.63, 3.8) is 0 Å². The molecule has 0 aromatic heterocycles. The summed E-state index contributed by atoms with van der Waals surface area (Å²) in [6, 6.07) is 3.49. The fourth-order valence-corrected chi connectivity index (χ4v) is 1.86. The number of hydrogen-bond donors (Lipinski definition) is 2. The molecular formula is C11H16N2O5S. The first kappa shape index (κ1) is 15.4. The van der Waals surface area contributed by atoms with E-state index in [4.69, 9.17) is 15.0 Å². The van der Waals surface area contributed by atoms with E-state index in [0.717, 1.165) is 6.07 Å². The second kappa shape index (κ2) is 6.00. The normalized spacial score (nSPS) is 11.6. The van der Waals surface area contributed by atoms with Gasteiger partial charge in [-0.25, -0.2) is 18.4 Å². The van der Waals surface area contributed by atoms with Crippen molar-refractivity contribution in [1.29, 1.82) is 0 Å². The summed E-state index contributed by atoms with van der Waals surface area (Å²) in [5.74, 6) is -1.16. The van der Waals surface area contributed by atoms with E-state index in [9.17, 15) is 13.2 Å². The number of likely N-dealkylation sites (N-methyl/N-ethyl adjacent to an activating group) is 1. The van der Waals surface area contributed by atoms with E-state index < -0.39 is 16.0 Å². The number of rotatable bonds is 6. The first-order chi connectivity index (χ1) is 8.71. The van der Waals surface area contributed by atoms with Crippen LogP contribution < -0.4 is 9.88 Å². The molecule has 0 aliphatic rings. The zero-order valence-electron chi connectivity index (χ0n) is 10.7. The molecule has 1 aromatic rings. The van der Waals surface area contributed by atoms with Crippen LogP contribution in [0.4, 0.5) is 0 Å². The molecule has 3 N–H and O–H groups in total. The average molecular weight is 288 g/mol. The number of primary sulfonamides is 1. The smallest absolute Gasteiger partial charge is 0.339 e. The number of carbonyl (C=O) groups is 1. The van der Waals surface area contributed by atoms with E-state index in [-0.39, 0.29) is 16.2 Å². The van der Waals surface area contributed by atoms with E-state index in [0.29, 0.717) is 13.2 Å². The lowest BCUT2D eigenvalue weighted by atomic mass is 10.2. The number of carboxylic acids is 1. The van der Waals surface area contributed by atoms with E-state index in [1.165, 1.54) is 12.1 Å². The quantitative estimate of drug-likeness (QED) is 0.760. The minimum atomic E-state index is -3.94. The van der Waals surface area contributed by atoms with Crippen LogP contribution >= 0.6 is 0 Å². The van der Waals surface area contributed by atoms with Crippen LogP contribution in [0.3, 0.4) is 0 Å². The predicted molar refractivity (Wildman–Crippen MR) is 68.8 cm³/mol. The molecule has 7 nitrogen and oxygen atoms in total. The van der Waals surface area contributed by atoms with Gasteiger partial charge in [-0.1, -0.05) is 0 Å². The Hall–Kier alpha value is -1.64. The van der Waals surface area contributed by atoms with Crippen LogP contribution in [0.25, 0.3) is 0 Å². The highest BCUT2D eigenvalue weighted by molar-refractivity contribution is 7.89. The fourth-order valence-electron chi connectivity index (χ4n) is 1.32. The van der Waals surface area contributed by atoms with Gasteiger partial charge in [-0.15, -0.1) is 0 Å². The minimum Gasteiger partial charge on any atom is -0.491 e. The summed E-state index contributed by atoms with van der Waals surface area (Å²) in [6.07, 6.45) is 0. The second-order valence-corrected chi connectivity index (χ2v) is 5.72. The lowest BCUT2D eigenvalue weighted by Gasteiger charge is -2.13. The monoisotopic (exact) mass is 288 g/mol. The van der Waals surface area contributed by atoms with Crippen molar-refractivity contribution in [2.45, 2.75) is 4.90 Å². The first-order valence-corrected chi connectivity index (χ1v) is 6.94. The van der Waals surface area contributed by atoms with Crippen molar-refractivity contribution in [2.24, 2.45) is 5.14 Å². The van der Waals surface area contributed by atoms with Crippen LogP contribution in [0.5, 0.6) is 5.75 Å². The van der Waals surface area contributed by atoms with Gasteiger partial charge < -0.3 is 14.7 Å². The number of sulfonamides is 1. The molecule has 0 unspecified atom stereocenters. The van der Waals surface area contributed by atoms with Gasteiger partial charge in [-0.3, -0.25) is 0 Å². The molecule has 0 spiro atoms. The predicted octanol–water partition coefficient (Wildman–Crippen LogP) is -0.0274. The Balaban J connectivity index is 3.02. The van der Waals surface area contributed by atoms with Crippen molar-refractivity contribution < 1.29 is 23.1 Å². The summed E-state index contributed by atoms with van der Waals surface area (Å²) in [6.45, 7) is 0.901. The highest BCUT2D eigenvalue weighted by Crippen LogP contribution is 2.22. The molecule has 0 aliphatic carbocycles. The number of nitrogens with two attached hydrogens (primary N) is 1. The molecule has 0 bridgehead atoms. The van der Waals surface area contributed by atoms with Gasteiger partial charge >= 0.3 is 5.97 Å². The number of benzene rings is 1. The number of carboxylic acid groups (broad SMARTS) is 1. The Bertz CT molecular complexity index is 568. The van der Waals surface area contributed by atoms with E-state index >= 15 is 0 Å². The Morgan fingerprint density at radius 3 is 2.53 bits per heavy atom. The number of aromatic carboxylic acids is 1. The number of ether oxygens (including phenoxy) is 1. The zero-order chi connectivity index (χ0) is 14.6. The van der Waals surface area contributed by atoms with Crippen LogP contribution in [0.1, 0.15) is 10.4 Å². The molecule has 0 radical (unpaired) electrons. The highest BCUT2D eigenvalue weighted by atomic mass is 32.2. The lowest BCUT2D eigenvalue weighted by Crippen LogP contribution is -2.20. The summed E-state index contributed by atoms with van der Waals surface area (Å²) in [4.78, 5) is 12.7. The molecule has 0 aliphatic heterocycles. The molecule has 1 aromatic carbocycles. The van der Waals surface area contributed by atoms with Crippen LogP contribution in [0.2, 0.25) is 0 Å². The summed E-state index contributed by atoms with van der Waals surface area (Å²) in [5, 5.41) is 14.0. The molecule has 106 valence electrons. The van der Waals surface area contributed by atoms with Crippen molar-refractivity contribution in [3.05, 3.63) is 23.8 Å². The molecule has 0 saturated carbocycles. The van der Waals surface area contributed by atoms with Gasteiger partial charge in [-0.05, 0) is 32.3 Å².